The van der Waals surface area contributed by atoms with Crippen LogP contribution in [0.4, 0.5) is 9.18 Å². The Balaban J connectivity index is 1.31. The molecule has 6 nitrogen and oxygen atoms in total. The maximum Gasteiger partial charge on any atom is 0.407 e. The molecule has 5 rings (SSSR count). The highest BCUT2D eigenvalue weighted by atomic mass is 19.1. The second kappa shape index (κ2) is 10.2. The smallest absolute Gasteiger partial charge is 0.407 e. The number of hydrogen-bond donors (Lipinski definition) is 2. The fraction of sp³-hybridized carbons (Fsp3) is 0.464. The van der Waals surface area contributed by atoms with E-state index in [1.54, 1.807) is 12.3 Å². The van der Waals surface area contributed by atoms with Gasteiger partial charge in [-0.05, 0) is 80.2 Å². The van der Waals surface area contributed by atoms with Crippen molar-refractivity contribution in [1.82, 2.24) is 15.6 Å². The number of nitrogens with one attached hydrogen (secondary N) is 2. The van der Waals surface area contributed by atoms with Crippen LogP contribution >= 0.6 is 0 Å². The van der Waals surface area contributed by atoms with Gasteiger partial charge in [-0.1, -0.05) is 24.3 Å². The van der Waals surface area contributed by atoms with Crippen LogP contribution in [0.3, 0.4) is 0 Å². The first kappa shape index (κ1) is 23.5. The van der Waals surface area contributed by atoms with Crippen LogP contribution < -0.4 is 10.6 Å². The number of carbonyl (C=O) groups excluding carboxylic acids is 2. The van der Waals surface area contributed by atoms with Crippen LogP contribution in [0.5, 0.6) is 0 Å². The lowest BCUT2D eigenvalue weighted by Gasteiger charge is -2.47. The SMILES string of the molecule is CCOC(=O)N[C@@H]1CC[C@@H]2[C@@H](C1)C[C@@H]1CC(=O)N[C@@H]1[C@H]2/C=C/c1ccc(-c2cccc(F)c2)cn1. The van der Waals surface area contributed by atoms with E-state index >= 15 is 0 Å². The molecule has 2 amide bonds. The number of pyridine rings is 1. The second-order valence-corrected chi connectivity index (χ2v) is 10.0. The molecular weight excluding hydrogens is 445 g/mol. The molecule has 2 heterocycles. The molecule has 1 aromatic heterocycles. The number of amides is 2. The molecule has 0 bridgehead atoms. The first-order valence-corrected chi connectivity index (χ1v) is 12.6. The third kappa shape index (κ3) is 5.24. The molecule has 2 saturated carbocycles. The summed E-state index contributed by atoms with van der Waals surface area (Å²) in [5.74, 6) is 1.34. The summed E-state index contributed by atoms with van der Waals surface area (Å²) in [7, 11) is 0. The van der Waals surface area contributed by atoms with Crippen LogP contribution in [0.1, 0.15) is 44.7 Å². The summed E-state index contributed by atoms with van der Waals surface area (Å²) in [5, 5.41) is 6.26. The maximum absolute atomic E-state index is 13.6. The van der Waals surface area contributed by atoms with Crippen molar-refractivity contribution >= 4 is 18.1 Å². The molecule has 0 radical (unpaired) electrons. The molecule has 3 fully saturated rings. The van der Waals surface area contributed by atoms with E-state index < -0.39 is 0 Å². The maximum atomic E-state index is 13.6. The molecule has 2 aromatic rings. The summed E-state index contributed by atoms with van der Waals surface area (Å²) >= 11 is 0. The topological polar surface area (TPSA) is 80.3 Å². The lowest BCUT2D eigenvalue weighted by atomic mass is 9.59. The average molecular weight is 478 g/mol. The number of nitrogens with zero attached hydrogens (tertiary/aromatic N) is 1. The molecule has 7 heteroatoms. The molecule has 0 unspecified atom stereocenters. The van der Waals surface area contributed by atoms with Gasteiger partial charge < -0.3 is 15.4 Å². The summed E-state index contributed by atoms with van der Waals surface area (Å²) in [6, 6.07) is 10.7. The minimum Gasteiger partial charge on any atom is -0.450 e. The van der Waals surface area contributed by atoms with Gasteiger partial charge >= 0.3 is 6.09 Å². The van der Waals surface area contributed by atoms with Crippen LogP contribution in [0.2, 0.25) is 0 Å². The molecule has 0 spiro atoms. The van der Waals surface area contributed by atoms with Crippen molar-refractivity contribution in [1.29, 1.82) is 0 Å². The number of aromatic nitrogens is 1. The third-order valence-electron chi connectivity index (χ3n) is 7.87. The molecule has 1 aliphatic heterocycles. The van der Waals surface area contributed by atoms with E-state index in [9.17, 15) is 14.0 Å². The molecule has 2 aliphatic carbocycles. The predicted octanol–water partition coefficient (Wildman–Crippen LogP) is 4.96. The minimum absolute atomic E-state index is 0.124. The molecule has 6 atom stereocenters. The Kier molecular flexibility index (Phi) is 6.84. The van der Waals surface area contributed by atoms with E-state index in [0.717, 1.165) is 42.5 Å². The van der Waals surface area contributed by atoms with Gasteiger partial charge in [-0.15, -0.1) is 0 Å². The van der Waals surface area contributed by atoms with Gasteiger partial charge in [-0.2, -0.15) is 0 Å². The second-order valence-electron chi connectivity index (χ2n) is 10.0. The minimum atomic E-state index is -0.341. The van der Waals surface area contributed by atoms with Crippen LogP contribution in [-0.2, 0) is 9.53 Å². The Labute approximate surface area is 205 Å². The van der Waals surface area contributed by atoms with E-state index in [0.29, 0.717) is 30.8 Å². The normalized spacial score (nSPS) is 29.8. The van der Waals surface area contributed by atoms with E-state index in [-0.39, 0.29) is 35.8 Å². The molecule has 1 aromatic carbocycles. The monoisotopic (exact) mass is 477 g/mol. The molecule has 1 saturated heterocycles. The van der Waals surface area contributed by atoms with Gasteiger partial charge in [0.2, 0.25) is 5.91 Å². The van der Waals surface area contributed by atoms with Crippen LogP contribution in [0.15, 0.2) is 48.7 Å². The van der Waals surface area contributed by atoms with E-state index in [1.165, 1.54) is 12.1 Å². The van der Waals surface area contributed by atoms with Gasteiger partial charge in [-0.3, -0.25) is 9.78 Å². The molecule has 35 heavy (non-hydrogen) atoms. The zero-order valence-corrected chi connectivity index (χ0v) is 20.0. The van der Waals surface area contributed by atoms with Crippen LogP contribution in [-0.4, -0.2) is 35.7 Å². The standard InChI is InChI=1S/C28H32FN3O3/c1-2-35-28(34)31-23-9-10-24-19(14-23)12-20-15-26(33)32-27(20)25(24)11-8-22-7-6-18(16-30-22)17-4-3-5-21(29)13-17/h3-8,11,13,16,19-20,23-25,27H,2,9-10,12,14-15H2,1H3,(H,31,34)(H,32,33)/b11-8+/t19-,20-,23-,24-,25+,27+/m1/s1. The Hall–Kier alpha value is -3.22. The summed E-state index contributed by atoms with van der Waals surface area (Å²) < 4.78 is 18.6. The predicted molar refractivity (Wildman–Crippen MR) is 132 cm³/mol. The third-order valence-corrected chi connectivity index (χ3v) is 7.87. The zero-order chi connectivity index (χ0) is 24.4. The first-order chi connectivity index (χ1) is 17.0. The molecular formula is C28H32FN3O3. The van der Waals surface area contributed by atoms with E-state index in [4.69, 9.17) is 4.74 Å². The van der Waals surface area contributed by atoms with E-state index in [2.05, 4.69) is 21.7 Å². The van der Waals surface area contributed by atoms with Crippen LogP contribution in [0, 0.1) is 29.5 Å². The Morgan fingerprint density at radius 2 is 2.09 bits per heavy atom. The fourth-order valence-corrected chi connectivity index (χ4v) is 6.37. The first-order valence-electron chi connectivity index (χ1n) is 12.6. The summed E-state index contributed by atoms with van der Waals surface area (Å²) in [5.41, 5.74) is 2.51. The van der Waals surface area contributed by atoms with Crippen molar-refractivity contribution in [3.63, 3.8) is 0 Å². The Morgan fingerprint density at radius 3 is 2.86 bits per heavy atom. The van der Waals surface area contributed by atoms with Crippen molar-refractivity contribution < 1.29 is 18.7 Å². The highest BCUT2D eigenvalue weighted by molar-refractivity contribution is 5.79. The van der Waals surface area contributed by atoms with Gasteiger partial charge in [0.1, 0.15) is 5.82 Å². The molecule has 3 aliphatic rings. The summed E-state index contributed by atoms with van der Waals surface area (Å²) in [6.45, 7) is 2.18. The Morgan fingerprint density at radius 1 is 1.20 bits per heavy atom. The lowest BCUT2D eigenvalue weighted by molar-refractivity contribution is -0.119. The van der Waals surface area contributed by atoms with Gasteiger partial charge in [-0.25, -0.2) is 9.18 Å². The van der Waals surface area contributed by atoms with Gasteiger partial charge in [0.05, 0.1) is 12.3 Å². The van der Waals surface area contributed by atoms with Gasteiger partial charge in [0.15, 0.2) is 0 Å². The zero-order valence-electron chi connectivity index (χ0n) is 20.0. The molecule has 2 N–H and O–H groups in total. The highest BCUT2D eigenvalue weighted by Gasteiger charge is 2.49. The number of fused-ring (bicyclic) bond motifs is 2. The van der Waals surface area contributed by atoms with Gasteiger partial charge in [0, 0.05) is 36.2 Å². The number of alkyl carbamates (subject to hydrolysis) is 1. The number of halogens is 1. The summed E-state index contributed by atoms with van der Waals surface area (Å²) in [4.78, 5) is 28.8. The molecule has 184 valence electrons. The number of rotatable bonds is 5. The van der Waals surface area contributed by atoms with Gasteiger partial charge in [0.25, 0.3) is 0 Å². The number of hydrogen-bond acceptors (Lipinski definition) is 4. The fourth-order valence-electron chi connectivity index (χ4n) is 6.37. The number of benzene rings is 1. The van der Waals surface area contributed by atoms with Crippen molar-refractivity contribution in [3.8, 4) is 11.1 Å². The van der Waals surface area contributed by atoms with E-state index in [1.807, 2.05) is 31.2 Å². The largest absolute Gasteiger partial charge is 0.450 e. The van der Waals surface area contributed by atoms with Crippen molar-refractivity contribution in [2.75, 3.05) is 6.61 Å². The van der Waals surface area contributed by atoms with Crippen molar-refractivity contribution in [2.45, 2.75) is 51.1 Å². The van der Waals surface area contributed by atoms with Crippen LogP contribution in [0.25, 0.3) is 17.2 Å². The lowest BCUT2D eigenvalue weighted by Crippen LogP contribution is -2.50. The highest BCUT2D eigenvalue weighted by Crippen LogP contribution is 2.49. The number of carbonyl (C=O) groups is 2. The summed E-state index contributed by atoms with van der Waals surface area (Å²) in [6.07, 6.45) is 10.1. The number of ether oxygens (including phenoxy) is 1. The quantitative estimate of drug-likeness (QED) is 0.638. The van der Waals surface area contributed by atoms with Crippen molar-refractivity contribution in [2.24, 2.45) is 23.7 Å². The average Bonchev–Trinajstić information content (AvgIpc) is 3.22. The Bertz CT molecular complexity index is 1100. The van der Waals surface area contributed by atoms with Crippen molar-refractivity contribution in [3.05, 3.63) is 60.2 Å².